The Hall–Kier alpha value is -0.440. The average molecular weight is 387 g/mol. The maximum absolute atomic E-state index is 11.8. The average Bonchev–Trinajstić information content (AvgIpc) is 2.15. The third-order valence-electron chi connectivity index (χ3n) is 1.81. The minimum absolute atomic E-state index is 0.0751. The van der Waals surface area contributed by atoms with Gasteiger partial charge in [-0.15, -0.1) is 0 Å². The van der Waals surface area contributed by atoms with E-state index in [0.29, 0.717) is 4.47 Å². The quantitative estimate of drug-likeness (QED) is 0.810. The Morgan fingerprint density at radius 1 is 1.35 bits per heavy atom. The normalized spacial score (nSPS) is 11.4. The Morgan fingerprint density at radius 3 is 2.53 bits per heavy atom. The second kappa shape index (κ2) is 5.94. The van der Waals surface area contributed by atoms with Crippen molar-refractivity contribution in [3.63, 3.8) is 0 Å². The number of carboxylic acid groups (broad SMARTS) is 1. The van der Waals surface area contributed by atoms with Crippen LogP contribution in [0.25, 0.3) is 0 Å². The van der Waals surface area contributed by atoms with E-state index in [1.807, 2.05) is 0 Å². The molecule has 17 heavy (non-hydrogen) atoms. The van der Waals surface area contributed by atoms with Crippen molar-refractivity contribution in [2.45, 2.75) is 11.3 Å². The van der Waals surface area contributed by atoms with Crippen molar-refractivity contribution in [3.8, 4) is 0 Å². The summed E-state index contributed by atoms with van der Waals surface area (Å²) in [6.45, 7) is -0.139. The van der Waals surface area contributed by atoms with Gasteiger partial charge in [0.25, 0.3) is 0 Å². The molecule has 0 amide bonds. The van der Waals surface area contributed by atoms with E-state index in [1.54, 1.807) is 12.1 Å². The Kier molecular flexibility index (Phi) is 5.11. The van der Waals surface area contributed by atoms with Crippen LogP contribution in [0.1, 0.15) is 6.42 Å². The molecule has 0 aromatic heterocycles. The van der Waals surface area contributed by atoms with Crippen molar-refractivity contribution in [1.29, 1.82) is 0 Å². The highest BCUT2D eigenvalue weighted by atomic mass is 79.9. The fourth-order valence-electron chi connectivity index (χ4n) is 1.06. The zero-order valence-electron chi connectivity index (χ0n) is 8.48. The largest absolute Gasteiger partial charge is 0.481 e. The standard InChI is InChI=1S/C9H9Br2NO4S/c10-6-1-2-8(7(11)5-6)17(15,16)12-4-3-9(13)14/h1-2,5,12H,3-4H2,(H,13,14). The van der Waals surface area contributed by atoms with Crippen LogP contribution >= 0.6 is 31.9 Å². The van der Waals surface area contributed by atoms with Crippen molar-refractivity contribution < 1.29 is 18.3 Å². The molecule has 0 radical (unpaired) electrons. The molecule has 94 valence electrons. The number of sulfonamides is 1. The van der Waals surface area contributed by atoms with Crippen LogP contribution in [0.3, 0.4) is 0 Å². The van der Waals surface area contributed by atoms with E-state index in [9.17, 15) is 13.2 Å². The lowest BCUT2D eigenvalue weighted by molar-refractivity contribution is -0.136. The lowest BCUT2D eigenvalue weighted by Crippen LogP contribution is -2.26. The van der Waals surface area contributed by atoms with E-state index < -0.39 is 16.0 Å². The van der Waals surface area contributed by atoms with Gasteiger partial charge >= 0.3 is 5.97 Å². The van der Waals surface area contributed by atoms with Gasteiger partial charge in [-0.25, -0.2) is 13.1 Å². The monoisotopic (exact) mass is 385 g/mol. The molecule has 5 nitrogen and oxygen atoms in total. The van der Waals surface area contributed by atoms with E-state index in [4.69, 9.17) is 5.11 Å². The summed E-state index contributed by atoms with van der Waals surface area (Å²) in [7, 11) is -3.68. The molecule has 0 aliphatic heterocycles. The van der Waals surface area contributed by atoms with Gasteiger partial charge in [0.1, 0.15) is 0 Å². The predicted octanol–water partition coefficient (Wildman–Crippen LogP) is 1.96. The first kappa shape index (κ1) is 14.6. The van der Waals surface area contributed by atoms with Crippen LogP contribution < -0.4 is 4.72 Å². The molecule has 0 heterocycles. The van der Waals surface area contributed by atoms with Gasteiger partial charge in [0.05, 0.1) is 11.3 Å². The molecule has 0 saturated carbocycles. The van der Waals surface area contributed by atoms with E-state index in [2.05, 4.69) is 36.6 Å². The van der Waals surface area contributed by atoms with Gasteiger partial charge in [-0.3, -0.25) is 4.79 Å². The molecule has 0 aliphatic carbocycles. The Balaban J connectivity index is 2.86. The van der Waals surface area contributed by atoms with Gasteiger partial charge in [0, 0.05) is 15.5 Å². The molecule has 1 aromatic rings. The van der Waals surface area contributed by atoms with Crippen molar-refractivity contribution >= 4 is 47.9 Å². The molecule has 8 heteroatoms. The summed E-state index contributed by atoms with van der Waals surface area (Å²) in [5, 5.41) is 8.42. The number of nitrogens with one attached hydrogen (secondary N) is 1. The maximum Gasteiger partial charge on any atom is 0.304 e. The Bertz CT molecular complexity index is 530. The maximum atomic E-state index is 11.8. The molecular weight excluding hydrogens is 378 g/mol. The molecule has 2 N–H and O–H groups in total. The number of carboxylic acids is 1. The zero-order chi connectivity index (χ0) is 13.1. The number of halogens is 2. The highest BCUT2D eigenvalue weighted by Gasteiger charge is 2.17. The van der Waals surface area contributed by atoms with Crippen LogP contribution in [-0.2, 0) is 14.8 Å². The lowest BCUT2D eigenvalue weighted by atomic mass is 10.4. The fraction of sp³-hybridized carbons (Fsp3) is 0.222. The van der Waals surface area contributed by atoms with Crippen molar-refractivity contribution in [1.82, 2.24) is 4.72 Å². The summed E-state index contributed by atoms with van der Waals surface area (Å²) in [5.74, 6) is -1.05. The topological polar surface area (TPSA) is 83.5 Å². The fourth-order valence-corrected chi connectivity index (χ4v) is 3.84. The van der Waals surface area contributed by atoms with E-state index in [-0.39, 0.29) is 17.9 Å². The number of carbonyl (C=O) groups is 1. The summed E-state index contributed by atoms with van der Waals surface area (Å²) in [6, 6.07) is 4.62. The van der Waals surface area contributed by atoms with Crippen LogP contribution in [0.4, 0.5) is 0 Å². The van der Waals surface area contributed by atoms with Gasteiger partial charge in [-0.05, 0) is 34.1 Å². The second-order valence-corrected chi connectivity index (χ2v) is 6.62. The van der Waals surface area contributed by atoms with Gasteiger partial charge in [0.2, 0.25) is 10.0 Å². The summed E-state index contributed by atoms with van der Waals surface area (Å²) in [5.41, 5.74) is 0. The van der Waals surface area contributed by atoms with Gasteiger partial charge < -0.3 is 5.11 Å². The third-order valence-corrected chi connectivity index (χ3v) is 4.75. The van der Waals surface area contributed by atoms with Crippen LogP contribution in [0.15, 0.2) is 32.0 Å². The van der Waals surface area contributed by atoms with Crippen molar-refractivity contribution in [2.75, 3.05) is 6.54 Å². The van der Waals surface area contributed by atoms with Crippen LogP contribution in [0, 0.1) is 0 Å². The number of hydrogen-bond donors (Lipinski definition) is 2. The summed E-state index contributed by atoms with van der Waals surface area (Å²) >= 11 is 6.35. The van der Waals surface area contributed by atoms with Gasteiger partial charge in [-0.2, -0.15) is 0 Å². The third kappa shape index (κ3) is 4.38. The van der Waals surface area contributed by atoms with E-state index in [0.717, 1.165) is 4.47 Å². The number of benzene rings is 1. The Labute approximate surface area is 116 Å². The van der Waals surface area contributed by atoms with Gasteiger partial charge in [0.15, 0.2) is 0 Å². The summed E-state index contributed by atoms with van der Waals surface area (Å²) < 4.78 is 27.0. The first-order valence-corrected chi connectivity index (χ1v) is 7.56. The molecule has 1 rings (SSSR count). The van der Waals surface area contributed by atoms with Crippen molar-refractivity contribution in [2.24, 2.45) is 0 Å². The van der Waals surface area contributed by atoms with Crippen molar-refractivity contribution in [3.05, 3.63) is 27.1 Å². The molecular formula is C9H9Br2NO4S. The predicted molar refractivity (Wildman–Crippen MR) is 69.3 cm³/mol. The lowest BCUT2D eigenvalue weighted by Gasteiger charge is -2.07. The molecule has 0 fully saturated rings. The molecule has 1 aromatic carbocycles. The SMILES string of the molecule is O=C(O)CCNS(=O)(=O)c1ccc(Br)cc1Br. The molecule has 0 saturated heterocycles. The number of aliphatic carboxylic acids is 1. The molecule has 0 atom stereocenters. The molecule has 0 spiro atoms. The highest BCUT2D eigenvalue weighted by Crippen LogP contribution is 2.25. The van der Waals surface area contributed by atoms with Crippen LogP contribution in [-0.4, -0.2) is 26.0 Å². The van der Waals surface area contributed by atoms with E-state index >= 15 is 0 Å². The first-order chi connectivity index (χ1) is 7.83. The van der Waals surface area contributed by atoms with Crippen LogP contribution in [0.5, 0.6) is 0 Å². The zero-order valence-corrected chi connectivity index (χ0v) is 12.5. The highest BCUT2D eigenvalue weighted by molar-refractivity contribution is 9.11. The summed E-state index contributed by atoms with van der Waals surface area (Å²) in [4.78, 5) is 10.4. The second-order valence-electron chi connectivity index (χ2n) is 3.12. The minimum Gasteiger partial charge on any atom is -0.481 e. The molecule has 0 unspecified atom stereocenters. The molecule has 0 bridgehead atoms. The smallest absolute Gasteiger partial charge is 0.304 e. The Morgan fingerprint density at radius 2 is 2.00 bits per heavy atom. The summed E-state index contributed by atoms with van der Waals surface area (Å²) in [6.07, 6.45) is -0.257. The van der Waals surface area contributed by atoms with E-state index in [1.165, 1.54) is 6.07 Å². The number of hydrogen-bond acceptors (Lipinski definition) is 3. The molecule has 0 aliphatic rings. The number of rotatable bonds is 5. The van der Waals surface area contributed by atoms with Crippen LogP contribution in [0.2, 0.25) is 0 Å². The van der Waals surface area contributed by atoms with Gasteiger partial charge in [-0.1, -0.05) is 15.9 Å². The minimum atomic E-state index is -3.68. The first-order valence-electron chi connectivity index (χ1n) is 4.49.